The summed E-state index contributed by atoms with van der Waals surface area (Å²) in [7, 11) is 0. The molecule has 2 aromatic rings. The Bertz CT molecular complexity index is 400. The summed E-state index contributed by atoms with van der Waals surface area (Å²) in [6.07, 6.45) is 0. The zero-order valence-corrected chi connectivity index (χ0v) is 9.04. The number of thiophene rings is 2. The van der Waals surface area contributed by atoms with Gasteiger partial charge in [-0.25, -0.2) is 0 Å². The van der Waals surface area contributed by atoms with E-state index in [0.29, 0.717) is 6.54 Å². The maximum atomic E-state index is 5.65. The summed E-state index contributed by atoms with van der Waals surface area (Å²) >= 11 is 3.52. The molecule has 0 aliphatic heterocycles. The normalized spacial score (nSPS) is 10.6. The average molecular weight is 209 g/mol. The first-order valence-electron chi connectivity index (χ1n) is 4.13. The molecular formula is C10H11NS2. The monoisotopic (exact) mass is 209 g/mol. The Labute approximate surface area is 85.8 Å². The van der Waals surface area contributed by atoms with Crippen molar-refractivity contribution in [3.63, 3.8) is 0 Å². The number of hydrogen-bond donors (Lipinski definition) is 1. The van der Waals surface area contributed by atoms with E-state index in [1.807, 2.05) is 0 Å². The van der Waals surface area contributed by atoms with Gasteiger partial charge in [0.1, 0.15) is 0 Å². The standard InChI is InChI=1S/C10H11NS2/c1-7-4-8(6-13-7)9-2-3-12-10(9)5-11/h2-4,6H,5,11H2,1H3. The fourth-order valence-corrected chi connectivity index (χ4v) is 2.82. The maximum absolute atomic E-state index is 5.65. The van der Waals surface area contributed by atoms with E-state index in [1.165, 1.54) is 20.9 Å². The number of nitrogens with two attached hydrogens (primary N) is 1. The van der Waals surface area contributed by atoms with Gasteiger partial charge in [0.25, 0.3) is 0 Å². The van der Waals surface area contributed by atoms with Crippen LogP contribution in [0.4, 0.5) is 0 Å². The second-order valence-electron chi connectivity index (χ2n) is 2.91. The van der Waals surface area contributed by atoms with Crippen LogP contribution in [0.2, 0.25) is 0 Å². The Balaban J connectivity index is 2.45. The van der Waals surface area contributed by atoms with Gasteiger partial charge in [0.05, 0.1) is 0 Å². The quantitative estimate of drug-likeness (QED) is 0.807. The molecule has 0 saturated carbocycles. The van der Waals surface area contributed by atoms with E-state index in [0.717, 1.165) is 0 Å². The molecule has 0 aliphatic carbocycles. The minimum absolute atomic E-state index is 0.641. The highest BCUT2D eigenvalue weighted by atomic mass is 32.1. The van der Waals surface area contributed by atoms with Gasteiger partial charge < -0.3 is 5.73 Å². The summed E-state index contributed by atoms with van der Waals surface area (Å²) in [4.78, 5) is 2.63. The molecule has 13 heavy (non-hydrogen) atoms. The summed E-state index contributed by atoms with van der Waals surface area (Å²) in [5.74, 6) is 0. The Kier molecular flexibility index (Phi) is 2.49. The summed E-state index contributed by atoms with van der Waals surface area (Å²) < 4.78 is 0. The third-order valence-corrected chi connectivity index (χ3v) is 3.78. The molecule has 68 valence electrons. The minimum atomic E-state index is 0.641. The molecule has 0 spiro atoms. The van der Waals surface area contributed by atoms with Gasteiger partial charge >= 0.3 is 0 Å². The molecule has 0 unspecified atom stereocenters. The lowest BCUT2D eigenvalue weighted by Gasteiger charge is -1.96. The van der Waals surface area contributed by atoms with Crippen LogP contribution in [0.3, 0.4) is 0 Å². The summed E-state index contributed by atoms with van der Waals surface area (Å²) in [6, 6.07) is 4.36. The molecule has 2 aromatic heterocycles. The SMILES string of the molecule is Cc1cc(-c2ccsc2CN)cs1. The molecule has 0 bridgehead atoms. The van der Waals surface area contributed by atoms with Gasteiger partial charge in [-0.1, -0.05) is 0 Å². The van der Waals surface area contributed by atoms with Gasteiger partial charge in [-0.05, 0) is 40.9 Å². The first-order valence-corrected chi connectivity index (χ1v) is 5.89. The molecule has 0 aliphatic rings. The van der Waals surface area contributed by atoms with E-state index in [-0.39, 0.29) is 0 Å². The van der Waals surface area contributed by atoms with Crippen LogP contribution in [0.1, 0.15) is 9.75 Å². The summed E-state index contributed by atoms with van der Waals surface area (Å²) in [5, 5.41) is 4.29. The number of aryl methyl sites for hydroxylation is 1. The predicted molar refractivity (Wildman–Crippen MR) is 60.3 cm³/mol. The van der Waals surface area contributed by atoms with Gasteiger partial charge in [-0.15, -0.1) is 22.7 Å². The number of hydrogen-bond acceptors (Lipinski definition) is 3. The minimum Gasteiger partial charge on any atom is -0.326 e. The molecule has 3 heteroatoms. The maximum Gasteiger partial charge on any atom is 0.0280 e. The molecular weight excluding hydrogens is 198 g/mol. The second-order valence-corrected chi connectivity index (χ2v) is 5.02. The van der Waals surface area contributed by atoms with Crippen LogP contribution in [-0.2, 0) is 6.54 Å². The third-order valence-electron chi connectivity index (χ3n) is 1.97. The Morgan fingerprint density at radius 2 is 2.23 bits per heavy atom. The zero-order chi connectivity index (χ0) is 9.26. The van der Waals surface area contributed by atoms with E-state index in [4.69, 9.17) is 5.73 Å². The van der Waals surface area contributed by atoms with E-state index in [9.17, 15) is 0 Å². The van der Waals surface area contributed by atoms with Crippen molar-refractivity contribution in [2.75, 3.05) is 0 Å². The third kappa shape index (κ3) is 1.68. The van der Waals surface area contributed by atoms with E-state index < -0.39 is 0 Å². The molecule has 0 aromatic carbocycles. The Morgan fingerprint density at radius 3 is 2.85 bits per heavy atom. The zero-order valence-electron chi connectivity index (χ0n) is 7.41. The lowest BCUT2D eigenvalue weighted by Crippen LogP contribution is -1.93. The Morgan fingerprint density at radius 1 is 1.38 bits per heavy atom. The molecule has 0 atom stereocenters. The van der Waals surface area contributed by atoms with Gasteiger partial charge in [-0.3, -0.25) is 0 Å². The highest BCUT2D eigenvalue weighted by Crippen LogP contribution is 2.30. The first-order chi connectivity index (χ1) is 6.31. The van der Waals surface area contributed by atoms with Gasteiger partial charge in [0, 0.05) is 16.3 Å². The molecule has 2 N–H and O–H groups in total. The summed E-state index contributed by atoms with van der Waals surface area (Å²) in [6.45, 7) is 2.77. The van der Waals surface area contributed by atoms with Crippen molar-refractivity contribution in [1.82, 2.24) is 0 Å². The van der Waals surface area contributed by atoms with Crippen LogP contribution >= 0.6 is 22.7 Å². The molecule has 0 amide bonds. The van der Waals surface area contributed by atoms with Gasteiger partial charge in [0.2, 0.25) is 0 Å². The topological polar surface area (TPSA) is 26.0 Å². The fourth-order valence-electron chi connectivity index (χ4n) is 1.34. The summed E-state index contributed by atoms with van der Waals surface area (Å²) in [5.41, 5.74) is 8.27. The van der Waals surface area contributed by atoms with E-state index in [2.05, 4.69) is 29.8 Å². The van der Waals surface area contributed by atoms with Crippen molar-refractivity contribution < 1.29 is 0 Å². The Hall–Kier alpha value is -0.640. The fraction of sp³-hybridized carbons (Fsp3) is 0.200. The van der Waals surface area contributed by atoms with Crippen molar-refractivity contribution in [2.24, 2.45) is 5.73 Å². The van der Waals surface area contributed by atoms with Crippen LogP contribution in [-0.4, -0.2) is 0 Å². The highest BCUT2D eigenvalue weighted by molar-refractivity contribution is 7.11. The van der Waals surface area contributed by atoms with Crippen LogP contribution < -0.4 is 5.73 Å². The number of rotatable bonds is 2. The second kappa shape index (κ2) is 3.62. The van der Waals surface area contributed by atoms with Crippen molar-refractivity contribution in [3.05, 3.63) is 32.6 Å². The van der Waals surface area contributed by atoms with Crippen LogP contribution in [0.5, 0.6) is 0 Å². The van der Waals surface area contributed by atoms with Crippen molar-refractivity contribution in [1.29, 1.82) is 0 Å². The molecule has 0 fully saturated rings. The smallest absolute Gasteiger partial charge is 0.0280 e. The van der Waals surface area contributed by atoms with Crippen LogP contribution in [0.25, 0.3) is 11.1 Å². The van der Waals surface area contributed by atoms with Crippen LogP contribution in [0.15, 0.2) is 22.9 Å². The van der Waals surface area contributed by atoms with Crippen molar-refractivity contribution >= 4 is 22.7 Å². The molecule has 0 saturated heterocycles. The average Bonchev–Trinajstić information content (AvgIpc) is 2.71. The lowest BCUT2D eigenvalue weighted by molar-refractivity contribution is 1.11. The van der Waals surface area contributed by atoms with Gasteiger partial charge in [0.15, 0.2) is 0 Å². The lowest BCUT2D eigenvalue weighted by atomic mass is 10.1. The molecule has 2 rings (SSSR count). The van der Waals surface area contributed by atoms with Crippen molar-refractivity contribution in [3.8, 4) is 11.1 Å². The predicted octanol–water partition coefficient (Wildman–Crippen LogP) is 3.24. The highest BCUT2D eigenvalue weighted by Gasteiger charge is 2.05. The molecule has 0 radical (unpaired) electrons. The van der Waals surface area contributed by atoms with E-state index in [1.54, 1.807) is 22.7 Å². The van der Waals surface area contributed by atoms with E-state index >= 15 is 0 Å². The molecule has 1 nitrogen and oxygen atoms in total. The van der Waals surface area contributed by atoms with Crippen LogP contribution in [0, 0.1) is 6.92 Å². The first kappa shape index (κ1) is 8.94. The van der Waals surface area contributed by atoms with Crippen molar-refractivity contribution in [2.45, 2.75) is 13.5 Å². The largest absolute Gasteiger partial charge is 0.326 e. The molecule has 2 heterocycles. The van der Waals surface area contributed by atoms with Gasteiger partial charge in [-0.2, -0.15) is 0 Å².